The molecular weight excluding hydrogens is 892 g/mol. The van der Waals surface area contributed by atoms with E-state index in [1.165, 1.54) is 107 Å². The summed E-state index contributed by atoms with van der Waals surface area (Å²) in [4.78, 5) is 68.9. The van der Waals surface area contributed by atoms with Crippen LogP contribution in [0.15, 0.2) is 52.2 Å². The number of hydrogen-bond donors (Lipinski definition) is 4. The Kier molecular flexibility index (Phi) is 23.5. The lowest BCUT2D eigenvalue weighted by Crippen LogP contribution is -2.33. The van der Waals surface area contributed by atoms with E-state index < -0.39 is 73.4 Å². The number of carbonyl (C=O) groups is 1. The number of unbranched alkanes of at least 4 members (excludes halogenated alkanes) is 16. The van der Waals surface area contributed by atoms with Gasteiger partial charge in [0.05, 0.1) is 12.8 Å². The molecule has 62 heavy (non-hydrogen) atoms. The molecule has 0 amide bonds. The molecule has 23 heteroatoms. The summed E-state index contributed by atoms with van der Waals surface area (Å²) in [6, 6.07) is 5.25. The van der Waals surface area contributed by atoms with Crippen LogP contribution < -0.4 is 20.5 Å². The fourth-order valence-corrected chi connectivity index (χ4v) is 12.6. The predicted molar refractivity (Wildman–Crippen MR) is 232 cm³/mol. The highest BCUT2D eigenvalue weighted by atomic mass is 31.3. The molecule has 1 aromatic carbocycles. The molecule has 0 bridgehead atoms. The minimum Gasteiger partial charge on any atom is -0.427 e. The monoisotopic (exact) mass is 956 g/mol. The number of rotatable bonds is 33. The average molecular weight is 957 g/mol. The lowest BCUT2D eigenvalue weighted by atomic mass is 10.0. The van der Waals surface area contributed by atoms with Crippen LogP contribution in [-0.2, 0) is 45.2 Å². The van der Waals surface area contributed by atoms with Crippen molar-refractivity contribution >= 4 is 37.0 Å². The molecule has 6 atom stereocenters. The first-order chi connectivity index (χ1) is 29.3. The zero-order valence-electron chi connectivity index (χ0n) is 35.8. The zero-order valence-corrected chi connectivity index (χ0v) is 39.4. The lowest BCUT2D eigenvalue weighted by molar-refractivity contribution is -0.134. The van der Waals surface area contributed by atoms with Crippen LogP contribution in [0.5, 0.6) is 11.5 Å². The van der Waals surface area contributed by atoms with Gasteiger partial charge in [0.2, 0.25) is 0 Å². The molecule has 352 valence electrons. The topological polar surface area (TPSA) is 266 Å². The molecule has 19 nitrogen and oxygen atoms in total. The van der Waals surface area contributed by atoms with E-state index in [-0.39, 0.29) is 29.9 Å². The third-order valence-corrected chi connectivity index (χ3v) is 16.5. The first-order valence-electron chi connectivity index (χ1n) is 21.4. The SMILES string of the molecule is CCCCCCCCCCCCCCCCCCP(=O)(Oc1ccc(OC(=O)CCCC)cc1)OP(=O)(O)OP(=O)(O)OP(=O)(O)OC[C@@H]1C=C[C@H](n2cc(C)c(=O)[nH]c2=O)O1. The maximum absolute atomic E-state index is 14.0. The van der Waals surface area contributed by atoms with E-state index >= 15 is 0 Å². The largest absolute Gasteiger partial charge is 0.490 e. The molecule has 1 aliphatic heterocycles. The number of nitrogens with zero attached hydrogens (tertiary/aromatic N) is 1. The van der Waals surface area contributed by atoms with E-state index in [0.29, 0.717) is 12.8 Å². The van der Waals surface area contributed by atoms with Crippen molar-refractivity contribution < 1.29 is 69.2 Å². The second-order valence-corrected chi connectivity index (χ2v) is 22.0. The normalized spacial score (nSPS) is 19.0. The number of ether oxygens (including phenoxy) is 2. The van der Waals surface area contributed by atoms with Gasteiger partial charge in [0.15, 0.2) is 6.23 Å². The van der Waals surface area contributed by atoms with Crippen LogP contribution in [0, 0.1) is 6.92 Å². The van der Waals surface area contributed by atoms with E-state index in [9.17, 15) is 47.3 Å². The number of benzene rings is 1. The number of hydrogen-bond acceptors (Lipinski definition) is 14. The van der Waals surface area contributed by atoms with Crippen molar-refractivity contribution in [2.45, 2.75) is 155 Å². The summed E-state index contributed by atoms with van der Waals surface area (Å²) in [5.74, 6) is -0.425. The molecule has 2 aromatic rings. The average Bonchev–Trinajstić information content (AvgIpc) is 3.66. The van der Waals surface area contributed by atoms with Crippen molar-refractivity contribution in [2.75, 3.05) is 12.8 Å². The van der Waals surface area contributed by atoms with Gasteiger partial charge in [0.1, 0.15) is 17.6 Å². The van der Waals surface area contributed by atoms with Crippen molar-refractivity contribution in [1.29, 1.82) is 0 Å². The Balaban J connectivity index is 1.53. The highest BCUT2D eigenvalue weighted by Gasteiger charge is 2.46. The first-order valence-corrected chi connectivity index (χ1v) is 27.6. The van der Waals surface area contributed by atoms with Gasteiger partial charge < -0.3 is 28.7 Å². The molecule has 3 rings (SSSR count). The Bertz CT molecular complexity index is 2020. The molecule has 2 heterocycles. The summed E-state index contributed by atoms with van der Waals surface area (Å²) in [7, 11) is -22.0. The Morgan fingerprint density at radius 3 is 1.76 bits per heavy atom. The maximum Gasteiger partial charge on any atom is 0.490 e. The minimum absolute atomic E-state index is 0.124. The molecule has 0 saturated carbocycles. The summed E-state index contributed by atoms with van der Waals surface area (Å²) >= 11 is 0. The van der Waals surface area contributed by atoms with Gasteiger partial charge in [-0.25, -0.2) is 23.1 Å². The maximum atomic E-state index is 14.0. The molecule has 0 fully saturated rings. The fraction of sp³-hybridized carbons (Fsp3) is 0.667. The van der Waals surface area contributed by atoms with Crippen molar-refractivity contribution in [1.82, 2.24) is 9.55 Å². The fourth-order valence-electron chi connectivity index (χ4n) is 6.35. The van der Waals surface area contributed by atoms with Crippen molar-refractivity contribution in [3.8, 4) is 11.5 Å². The number of aromatic amines is 1. The Labute approximate surface area is 363 Å². The number of aromatic nitrogens is 2. The van der Waals surface area contributed by atoms with Crippen molar-refractivity contribution in [3.05, 3.63) is 69.0 Å². The highest BCUT2D eigenvalue weighted by molar-refractivity contribution is 7.70. The highest BCUT2D eigenvalue weighted by Crippen LogP contribution is 2.72. The number of phosphoric acid groups is 3. The van der Waals surface area contributed by atoms with Gasteiger partial charge >= 0.3 is 42.7 Å². The zero-order chi connectivity index (χ0) is 45.7. The number of H-pyrrole nitrogens is 1. The summed E-state index contributed by atoms with van der Waals surface area (Å²) in [5.41, 5.74) is -1.18. The van der Waals surface area contributed by atoms with Gasteiger partial charge in [-0.3, -0.25) is 23.7 Å². The van der Waals surface area contributed by atoms with Crippen LogP contribution in [0.25, 0.3) is 0 Å². The quantitative estimate of drug-likeness (QED) is 0.0170. The van der Waals surface area contributed by atoms with Crippen LogP contribution in [0.4, 0.5) is 0 Å². The molecule has 0 saturated heterocycles. The molecule has 1 aliphatic rings. The smallest absolute Gasteiger partial charge is 0.427 e. The summed E-state index contributed by atoms with van der Waals surface area (Å²) in [6.45, 7) is 4.83. The van der Waals surface area contributed by atoms with E-state index in [1.54, 1.807) is 0 Å². The van der Waals surface area contributed by atoms with E-state index in [1.807, 2.05) is 6.92 Å². The second-order valence-electron chi connectivity index (χ2n) is 15.2. The van der Waals surface area contributed by atoms with Crippen LogP contribution in [0.1, 0.15) is 148 Å². The number of carbonyl (C=O) groups excluding carboxylic acids is 1. The Hall–Kier alpha value is -2.49. The van der Waals surface area contributed by atoms with Gasteiger partial charge in [-0.1, -0.05) is 123 Å². The second kappa shape index (κ2) is 27.1. The molecule has 0 radical (unpaired) electrons. The first kappa shape index (κ1) is 53.8. The van der Waals surface area contributed by atoms with E-state index in [0.717, 1.165) is 43.1 Å². The van der Waals surface area contributed by atoms with Gasteiger partial charge in [-0.05, 0) is 50.1 Å². The summed E-state index contributed by atoms with van der Waals surface area (Å²) < 4.78 is 87.9. The predicted octanol–water partition coefficient (Wildman–Crippen LogP) is 10.3. The van der Waals surface area contributed by atoms with Gasteiger partial charge in [0.25, 0.3) is 5.56 Å². The van der Waals surface area contributed by atoms with Gasteiger partial charge in [-0.15, -0.1) is 0 Å². The summed E-state index contributed by atoms with van der Waals surface area (Å²) in [5, 5.41) is 0. The van der Waals surface area contributed by atoms with Crippen LogP contribution in [0.3, 0.4) is 0 Å². The number of aryl methyl sites for hydroxylation is 1. The van der Waals surface area contributed by atoms with E-state index in [2.05, 4.69) is 20.5 Å². The Morgan fingerprint density at radius 1 is 0.694 bits per heavy atom. The molecule has 0 spiro atoms. The number of nitrogens with one attached hydrogen (secondary N) is 1. The molecule has 4 N–H and O–H groups in total. The van der Waals surface area contributed by atoms with Gasteiger partial charge in [-0.2, -0.15) is 12.9 Å². The molecule has 1 aromatic heterocycles. The Morgan fingerprint density at radius 2 is 1.19 bits per heavy atom. The van der Waals surface area contributed by atoms with Crippen LogP contribution in [0.2, 0.25) is 0 Å². The van der Waals surface area contributed by atoms with Crippen molar-refractivity contribution in [3.63, 3.8) is 0 Å². The molecule has 0 aliphatic carbocycles. The number of phosphoric ester groups is 1. The van der Waals surface area contributed by atoms with Crippen molar-refractivity contribution in [2.24, 2.45) is 0 Å². The standard InChI is InChI=1S/C39H64N2O17P4/c1-4-6-8-9-10-11-12-13-14-15-16-17-18-19-20-21-29-59(45,55-34-25-23-33(24-26-34)54-37(42)22-7-5-2)56-61(48,49)58-62(50,51)57-60(46,47)52-31-35-27-28-36(53-35)41-30-32(3)38(43)40-39(41)44/h23-28,30,35-36H,4-22,29,31H2,1-3H3,(H,46,47)(H,48,49)(H,50,51)(H,40,43,44)/t35-,36+,59?/m0/s1. The summed E-state index contributed by atoms with van der Waals surface area (Å²) in [6.07, 6.45) is 20.2. The van der Waals surface area contributed by atoms with E-state index in [4.69, 9.17) is 22.8 Å². The van der Waals surface area contributed by atoms with Crippen LogP contribution in [-0.4, -0.2) is 49.1 Å². The lowest BCUT2D eigenvalue weighted by Gasteiger charge is -2.23. The molecule has 4 unspecified atom stereocenters. The molecular formula is C39H64N2O17P4. The van der Waals surface area contributed by atoms with Crippen LogP contribution >= 0.6 is 31.1 Å². The van der Waals surface area contributed by atoms with Gasteiger partial charge in [0, 0.05) is 18.2 Å². The third kappa shape index (κ3) is 21.5. The number of esters is 1. The minimum atomic E-state index is -5.97. The third-order valence-electron chi connectivity index (χ3n) is 9.59.